The number of methoxy groups -OCH3 is 1. The number of nitrogens with one attached hydrogen (secondary N) is 1. The van der Waals surface area contributed by atoms with Crippen LogP contribution in [0.15, 0.2) is 72.8 Å². The number of benzene rings is 3. The summed E-state index contributed by atoms with van der Waals surface area (Å²) in [6.07, 6.45) is 0. The van der Waals surface area contributed by atoms with Gasteiger partial charge in [0.25, 0.3) is 5.91 Å². The third-order valence-electron chi connectivity index (χ3n) is 3.89. The molecule has 6 heteroatoms. The summed E-state index contributed by atoms with van der Waals surface area (Å²) >= 11 is 0. The number of hydrogen-bond acceptors (Lipinski definition) is 3. The maximum Gasteiger partial charge on any atom is 0.387 e. The fraction of sp³-hybridized carbons (Fsp3) is 0.0952. The van der Waals surface area contributed by atoms with Crippen molar-refractivity contribution in [1.29, 1.82) is 0 Å². The maximum absolute atomic E-state index is 12.5. The van der Waals surface area contributed by atoms with Gasteiger partial charge in [0, 0.05) is 17.3 Å². The predicted octanol–water partition coefficient (Wildman–Crippen LogP) is 5.22. The highest BCUT2D eigenvalue weighted by Crippen LogP contribution is 2.31. The van der Waals surface area contributed by atoms with Gasteiger partial charge in [-0.15, -0.1) is 0 Å². The first-order valence-electron chi connectivity index (χ1n) is 8.16. The molecule has 27 heavy (non-hydrogen) atoms. The minimum absolute atomic E-state index is 0.148. The molecule has 0 atom stereocenters. The van der Waals surface area contributed by atoms with Crippen molar-refractivity contribution in [3.05, 3.63) is 78.4 Å². The van der Waals surface area contributed by atoms with Crippen molar-refractivity contribution < 1.29 is 23.0 Å². The summed E-state index contributed by atoms with van der Waals surface area (Å²) in [5.41, 5.74) is 2.81. The molecule has 4 nitrogen and oxygen atoms in total. The van der Waals surface area contributed by atoms with Crippen molar-refractivity contribution in [3.8, 4) is 22.6 Å². The SMILES string of the molecule is COc1ccc(NC(=O)c2ccc(-c3ccccc3)cc2)cc1OC(F)F. The first-order valence-corrected chi connectivity index (χ1v) is 8.16. The molecule has 0 spiro atoms. The largest absolute Gasteiger partial charge is 0.493 e. The van der Waals surface area contributed by atoms with E-state index in [0.29, 0.717) is 11.3 Å². The Labute approximate surface area is 155 Å². The van der Waals surface area contributed by atoms with Gasteiger partial charge in [0.15, 0.2) is 11.5 Å². The van der Waals surface area contributed by atoms with Gasteiger partial charge in [-0.2, -0.15) is 8.78 Å². The summed E-state index contributed by atoms with van der Waals surface area (Å²) in [6.45, 7) is -2.99. The van der Waals surface area contributed by atoms with E-state index in [-0.39, 0.29) is 17.4 Å². The molecule has 0 saturated carbocycles. The minimum Gasteiger partial charge on any atom is -0.493 e. The van der Waals surface area contributed by atoms with E-state index in [1.165, 1.54) is 19.2 Å². The van der Waals surface area contributed by atoms with Crippen LogP contribution >= 0.6 is 0 Å². The van der Waals surface area contributed by atoms with Crippen LogP contribution in [0.2, 0.25) is 0 Å². The average molecular weight is 369 g/mol. The van der Waals surface area contributed by atoms with Crippen LogP contribution in [0.1, 0.15) is 10.4 Å². The van der Waals surface area contributed by atoms with Gasteiger partial charge < -0.3 is 14.8 Å². The Bertz CT molecular complexity index is 912. The Hall–Kier alpha value is -3.41. The lowest BCUT2D eigenvalue weighted by Gasteiger charge is -2.12. The van der Waals surface area contributed by atoms with Crippen molar-refractivity contribution in [3.63, 3.8) is 0 Å². The maximum atomic E-state index is 12.5. The summed E-state index contributed by atoms with van der Waals surface area (Å²) in [6, 6.07) is 21.2. The molecule has 0 bridgehead atoms. The van der Waals surface area contributed by atoms with E-state index in [2.05, 4.69) is 10.1 Å². The first-order chi connectivity index (χ1) is 13.1. The molecule has 0 aliphatic carbocycles. The number of hydrogen-bond donors (Lipinski definition) is 1. The van der Waals surface area contributed by atoms with Gasteiger partial charge in [-0.1, -0.05) is 42.5 Å². The first kappa shape index (κ1) is 18.4. The second kappa shape index (κ2) is 8.31. The summed E-state index contributed by atoms with van der Waals surface area (Å²) < 4.78 is 34.4. The van der Waals surface area contributed by atoms with Crippen LogP contribution in [0.5, 0.6) is 11.5 Å². The number of rotatable bonds is 6. The van der Waals surface area contributed by atoms with Crippen molar-refractivity contribution >= 4 is 11.6 Å². The monoisotopic (exact) mass is 369 g/mol. The van der Waals surface area contributed by atoms with Crippen molar-refractivity contribution in [2.24, 2.45) is 0 Å². The van der Waals surface area contributed by atoms with Crippen LogP contribution in [0.4, 0.5) is 14.5 Å². The Kier molecular flexibility index (Phi) is 5.66. The number of anilines is 1. The number of amides is 1. The molecular weight excluding hydrogens is 352 g/mol. The lowest BCUT2D eigenvalue weighted by Crippen LogP contribution is -2.12. The summed E-state index contributed by atoms with van der Waals surface area (Å²) in [7, 11) is 1.35. The van der Waals surface area contributed by atoms with Gasteiger partial charge in [-0.25, -0.2) is 0 Å². The molecule has 0 aliphatic rings. The van der Waals surface area contributed by atoms with Crippen LogP contribution in [0, 0.1) is 0 Å². The summed E-state index contributed by atoms with van der Waals surface area (Å²) in [4.78, 5) is 12.4. The van der Waals surface area contributed by atoms with Crippen LogP contribution in [0.3, 0.4) is 0 Å². The highest BCUT2D eigenvalue weighted by Gasteiger charge is 2.13. The third-order valence-corrected chi connectivity index (χ3v) is 3.89. The molecule has 0 aromatic heterocycles. The number of halogens is 2. The average Bonchev–Trinajstić information content (AvgIpc) is 2.68. The molecule has 0 radical (unpaired) electrons. The zero-order valence-electron chi connectivity index (χ0n) is 14.5. The second-order valence-electron chi connectivity index (χ2n) is 5.64. The van der Waals surface area contributed by atoms with Gasteiger partial charge in [0.05, 0.1) is 7.11 Å². The molecule has 0 unspecified atom stereocenters. The van der Waals surface area contributed by atoms with E-state index in [0.717, 1.165) is 11.1 Å². The van der Waals surface area contributed by atoms with Gasteiger partial charge in [0.2, 0.25) is 0 Å². The summed E-state index contributed by atoms with van der Waals surface area (Å²) in [5.74, 6) is -0.354. The Balaban J connectivity index is 1.75. The van der Waals surface area contributed by atoms with E-state index >= 15 is 0 Å². The standard InChI is InChI=1S/C21H17F2NO3/c1-26-18-12-11-17(13-19(18)27-21(22)23)24-20(25)16-9-7-15(8-10-16)14-5-3-2-4-6-14/h2-13,21H,1H3,(H,24,25). The summed E-state index contributed by atoms with van der Waals surface area (Å²) in [5, 5.41) is 2.66. The molecule has 3 rings (SSSR count). The zero-order valence-corrected chi connectivity index (χ0v) is 14.5. The van der Waals surface area contributed by atoms with Gasteiger partial charge >= 0.3 is 6.61 Å². The molecule has 1 N–H and O–H groups in total. The fourth-order valence-electron chi connectivity index (χ4n) is 2.59. The van der Waals surface area contributed by atoms with Crippen molar-refractivity contribution in [2.75, 3.05) is 12.4 Å². The van der Waals surface area contributed by atoms with Gasteiger partial charge in [0.1, 0.15) is 0 Å². The molecule has 0 heterocycles. The fourth-order valence-corrected chi connectivity index (χ4v) is 2.59. The van der Waals surface area contributed by atoms with Gasteiger partial charge in [-0.05, 0) is 35.4 Å². The molecule has 138 valence electrons. The number of ether oxygens (including phenoxy) is 2. The van der Waals surface area contributed by atoms with E-state index < -0.39 is 6.61 Å². The Morgan fingerprint density at radius 1 is 0.889 bits per heavy atom. The van der Waals surface area contributed by atoms with E-state index in [1.807, 2.05) is 42.5 Å². The van der Waals surface area contributed by atoms with Crippen molar-refractivity contribution in [2.45, 2.75) is 6.61 Å². The lowest BCUT2D eigenvalue weighted by atomic mass is 10.0. The minimum atomic E-state index is -2.99. The molecule has 0 aliphatic heterocycles. The molecule has 3 aromatic carbocycles. The molecule has 0 saturated heterocycles. The quantitative estimate of drug-likeness (QED) is 0.648. The zero-order chi connectivity index (χ0) is 19.2. The molecular formula is C21H17F2NO3. The van der Waals surface area contributed by atoms with Crippen LogP contribution in [-0.2, 0) is 0 Å². The lowest BCUT2D eigenvalue weighted by molar-refractivity contribution is -0.0511. The molecule has 1 amide bonds. The van der Waals surface area contributed by atoms with E-state index in [1.54, 1.807) is 18.2 Å². The van der Waals surface area contributed by atoms with E-state index in [9.17, 15) is 13.6 Å². The third kappa shape index (κ3) is 4.61. The Morgan fingerprint density at radius 2 is 1.56 bits per heavy atom. The highest BCUT2D eigenvalue weighted by atomic mass is 19.3. The number of alkyl halides is 2. The predicted molar refractivity (Wildman–Crippen MR) is 99.5 cm³/mol. The van der Waals surface area contributed by atoms with Crippen LogP contribution in [-0.4, -0.2) is 19.6 Å². The van der Waals surface area contributed by atoms with Gasteiger partial charge in [-0.3, -0.25) is 4.79 Å². The van der Waals surface area contributed by atoms with Crippen LogP contribution < -0.4 is 14.8 Å². The second-order valence-corrected chi connectivity index (χ2v) is 5.64. The smallest absolute Gasteiger partial charge is 0.387 e. The highest BCUT2D eigenvalue weighted by molar-refractivity contribution is 6.04. The molecule has 0 fully saturated rings. The molecule has 3 aromatic rings. The number of carbonyl (C=O) groups excluding carboxylic acids is 1. The van der Waals surface area contributed by atoms with Crippen molar-refractivity contribution in [1.82, 2.24) is 0 Å². The number of carbonyl (C=O) groups is 1. The topological polar surface area (TPSA) is 47.6 Å². The Morgan fingerprint density at radius 3 is 2.19 bits per heavy atom. The van der Waals surface area contributed by atoms with Crippen LogP contribution in [0.25, 0.3) is 11.1 Å². The normalized spacial score (nSPS) is 10.5. The van der Waals surface area contributed by atoms with E-state index in [4.69, 9.17) is 4.74 Å².